The average Bonchev–Trinajstić information content (AvgIpc) is 2.20. The third kappa shape index (κ3) is 2.30. The molecule has 0 radical (unpaired) electrons. The van der Waals surface area contributed by atoms with Gasteiger partial charge < -0.3 is 14.6 Å². The minimum absolute atomic E-state index is 0.0670. The number of rotatable bonds is 4. The van der Waals surface area contributed by atoms with Gasteiger partial charge in [-0.05, 0) is 24.6 Å². The van der Waals surface area contributed by atoms with Gasteiger partial charge in [0.05, 0.1) is 25.3 Å². The molecular formula is C10H13ClO3. The third-order valence-electron chi connectivity index (χ3n) is 1.76. The Morgan fingerprint density at radius 3 is 2.64 bits per heavy atom. The normalized spacial score (nSPS) is 10.0. The van der Waals surface area contributed by atoms with Gasteiger partial charge in [-0.2, -0.15) is 0 Å². The largest absolute Gasteiger partial charge is 0.493 e. The summed E-state index contributed by atoms with van der Waals surface area (Å²) in [6, 6.07) is 3.37. The Morgan fingerprint density at radius 2 is 2.14 bits per heavy atom. The average molecular weight is 217 g/mol. The summed E-state index contributed by atoms with van der Waals surface area (Å²) in [5, 5.41) is 9.40. The number of ether oxygens (including phenoxy) is 2. The van der Waals surface area contributed by atoms with Crippen molar-refractivity contribution in [3.63, 3.8) is 0 Å². The fourth-order valence-electron chi connectivity index (χ4n) is 1.15. The molecule has 0 bridgehead atoms. The van der Waals surface area contributed by atoms with Crippen molar-refractivity contribution in [1.29, 1.82) is 0 Å². The van der Waals surface area contributed by atoms with E-state index in [2.05, 4.69) is 0 Å². The van der Waals surface area contributed by atoms with Crippen LogP contribution < -0.4 is 9.47 Å². The number of benzene rings is 1. The Labute approximate surface area is 88.2 Å². The van der Waals surface area contributed by atoms with E-state index in [4.69, 9.17) is 26.2 Å². The second kappa shape index (κ2) is 5.08. The minimum Gasteiger partial charge on any atom is -0.493 e. The third-order valence-corrected chi connectivity index (χ3v) is 2.04. The zero-order valence-corrected chi connectivity index (χ0v) is 8.97. The lowest BCUT2D eigenvalue weighted by Gasteiger charge is -2.12. The topological polar surface area (TPSA) is 38.7 Å². The maximum Gasteiger partial charge on any atom is 0.179 e. The van der Waals surface area contributed by atoms with Crippen molar-refractivity contribution in [2.24, 2.45) is 0 Å². The molecule has 0 saturated heterocycles. The molecule has 4 heteroatoms. The molecule has 0 spiro atoms. The molecule has 0 fully saturated rings. The standard InChI is InChI=1S/C10H13ClO3/c1-3-14-10-8(11)4-7(6-12)5-9(10)13-2/h4-5,12H,3,6H2,1-2H3. The summed E-state index contributed by atoms with van der Waals surface area (Å²) in [7, 11) is 1.54. The van der Waals surface area contributed by atoms with Crippen molar-refractivity contribution in [2.75, 3.05) is 13.7 Å². The van der Waals surface area contributed by atoms with Gasteiger partial charge in [0, 0.05) is 0 Å². The van der Waals surface area contributed by atoms with Crippen molar-refractivity contribution in [1.82, 2.24) is 0 Å². The summed E-state index contributed by atoms with van der Waals surface area (Å²) in [6.07, 6.45) is 0. The monoisotopic (exact) mass is 216 g/mol. The SMILES string of the molecule is CCOc1c(Cl)cc(CO)cc1OC. The van der Waals surface area contributed by atoms with Crippen LogP contribution in [0.1, 0.15) is 12.5 Å². The molecule has 0 aliphatic carbocycles. The van der Waals surface area contributed by atoms with Crippen LogP contribution in [0, 0.1) is 0 Å². The predicted octanol–water partition coefficient (Wildman–Crippen LogP) is 2.24. The van der Waals surface area contributed by atoms with Gasteiger partial charge >= 0.3 is 0 Å². The van der Waals surface area contributed by atoms with Gasteiger partial charge in [-0.3, -0.25) is 0 Å². The molecular weight excluding hydrogens is 204 g/mol. The molecule has 1 rings (SSSR count). The molecule has 1 aromatic rings. The van der Waals surface area contributed by atoms with Gasteiger partial charge in [-0.1, -0.05) is 11.6 Å². The number of hydrogen-bond acceptors (Lipinski definition) is 3. The molecule has 3 nitrogen and oxygen atoms in total. The van der Waals surface area contributed by atoms with Crippen LogP contribution in [-0.2, 0) is 6.61 Å². The zero-order chi connectivity index (χ0) is 10.6. The van der Waals surface area contributed by atoms with Gasteiger partial charge in [-0.15, -0.1) is 0 Å². The van der Waals surface area contributed by atoms with E-state index in [1.165, 1.54) is 7.11 Å². The summed E-state index contributed by atoms with van der Waals surface area (Å²) in [5.41, 5.74) is 0.704. The molecule has 78 valence electrons. The Kier molecular flexibility index (Phi) is 4.04. The Balaban J connectivity index is 3.13. The van der Waals surface area contributed by atoms with E-state index in [0.717, 1.165) is 0 Å². The van der Waals surface area contributed by atoms with Crippen molar-refractivity contribution in [3.05, 3.63) is 22.7 Å². The molecule has 0 amide bonds. The van der Waals surface area contributed by atoms with E-state index in [-0.39, 0.29) is 6.61 Å². The highest BCUT2D eigenvalue weighted by atomic mass is 35.5. The first kappa shape index (κ1) is 11.1. The summed E-state index contributed by atoms with van der Waals surface area (Å²) in [5.74, 6) is 1.07. The van der Waals surface area contributed by atoms with E-state index in [1.54, 1.807) is 12.1 Å². The second-order valence-corrected chi connectivity index (χ2v) is 3.11. The fourth-order valence-corrected chi connectivity index (χ4v) is 1.44. The maximum absolute atomic E-state index is 8.95. The van der Waals surface area contributed by atoms with Crippen LogP contribution in [0.3, 0.4) is 0 Å². The van der Waals surface area contributed by atoms with Gasteiger partial charge in [-0.25, -0.2) is 0 Å². The van der Waals surface area contributed by atoms with Gasteiger partial charge in [0.1, 0.15) is 0 Å². The number of halogens is 1. The fraction of sp³-hybridized carbons (Fsp3) is 0.400. The van der Waals surface area contributed by atoms with E-state index in [9.17, 15) is 0 Å². The van der Waals surface area contributed by atoms with Gasteiger partial charge in [0.25, 0.3) is 0 Å². The van der Waals surface area contributed by atoms with Crippen molar-refractivity contribution < 1.29 is 14.6 Å². The quantitative estimate of drug-likeness (QED) is 0.839. The van der Waals surface area contributed by atoms with E-state index >= 15 is 0 Å². The number of methoxy groups -OCH3 is 1. The first-order valence-corrected chi connectivity index (χ1v) is 4.70. The number of aliphatic hydroxyl groups is 1. The van der Waals surface area contributed by atoms with Crippen LogP contribution in [0.5, 0.6) is 11.5 Å². The van der Waals surface area contributed by atoms with Crippen molar-refractivity contribution >= 4 is 11.6 Å². The molecule has 0 aliphatic heterocycles. The molecule has 0 aromatic heterocycles. The molecule has 1 aromatic carbocycles. The lowest BCUT2D eigenvalue weighted by Crippen LogP contribution is -1.97. The molecule has 0 aliphatic rings. The Morgan fingerprint density at radius 1 is 1.43 bits per heavy atom. The van der Waals surface area contributed by atoms with Crippen LogP contribution in [0.15, 0.2) is 12.1 Å². The number of hydrogen-bond donors (Lipinski definition) is 1. The van der Waals surface area contributed by atoms with Crippen LogP contribution in [-0.4, -0.2) is 18.8 Å². The molecule has 0 heterocycles. The van der Waals surface area contributed by atoms with Crippen LogP contribution in [0.2, 0.25) is 5.02 Å². The highest BCUT2D eigenvalue weighted by Gasteiger charge is 2.10. The van der Waals surface area contributed by atoms with Crippen LogP contribution >= 0.6 is 11.6 Å². The Hall–Kier alpha value is -0.930. The first-order chi connectivity index (χ1) is 6.72. The maximum atomic E-state index is 8.95. The summed E-state index contributed by atoms with van der Waals surface area (Å²) < 4.78 is 10.4. The zero-order valence-electron chi connectivity index (χ0n) is 8.21. The van der Waals surface area contributed by atoms with Gasteiger partial charge in [0.2, 0.25) is 0 Å². The van der Waals surface area contributed by atoms with E-state index in [1.807, 2.05) is 6.92 Å². The first-order valence-electron chi connectivity index (χ1n) is 4.33. The lowest BCUT2D eigenvalue weighted by molar-refractivity contribution is 0.279. The van der Waals surface area contributed by atoms with E-state index < -0.39 is 0 Å². The second-order valence-electron chi connectivity index (χ2n) is 2.70. The predicted molar refractivity (Wildman–Crippen MR) is 55.1 cm³/mol. The smallest absolute Gasteiger partial charge is 0.179 e. The summed E-state index contributed by atoms with van der Waals surface area (Å²) in [6.45, 7) is 2.33. The van der Waals surface area contributed by atoms with Crippen LogP contribution in [0.25, 0.3) is 0 Å². The summed E-state index contributed by atoms with van der Waals surface area (Å²) >= 11 is 5.95. The van der Waals surface area contributed by atoms with Crippen molar-refractivity contribution in [2.45, 2.75) is 13.5 Å². The highest BCUT2D eigenvalue weighted by Crippen LogP contribution is 2.36. The molecule has 0 saturated carbocycles. The molecule has 1 N–H and O–H groups in total. The molecule has 0 unspecified atom stereocenters. The van der Waals surface area contributed by atoms with Crippen LogP contribution in [0.4, 0.5) is 0 Å². The lowest BCUT2D eigenvalue weighted by atomic mass is 10.2. The highest BCUT2D eigenvalue weighted by molar-refractivity contribution is 6.32. The summed E-state index contributed by atoms with van der Waals surface area (Å²) in [4.78, 5) is 0. The molecule has 0 atom stereocenters. The van der Waals surface area contributed by atoms with Crippen molar-refractivity contribution in [3.8, 4) is 11.5 Å². The number of aliphatic hydroxyl groups excluding tert-OH is 1. The Bertz CT molecular complexity index is 312. The minimum atomic E-state index is -0.0670. The molecule has 14 heavy (non-hydrogen) atoms. The van der Waals surface area contributed by atoms with E-state index in [0.29, 0.717) is 28.7 Å². The van der Waals surface area contributed by atoms with Gasteiger partial charge in [0.15, 0.2) is 11.5 Å².